The first-order valence-corrected chi connectivity index (χ1v) is 9.19. The summed E-state index contributed by atoms with van der Waals surface area (Å²) < 4.78 is 21.8. The highest BCUT2D eigenvalue weighted by Gasteiger charge is 2.16. The molecule has 0 amide bonds. The summed E-state index contributed by atoms with van der Waals surface area (Å²) in [5, 5.41) is 4.69. The van der Waals surface area contributed by atoms with Crippen LogP contribution in [0.25, 0.3) is 21.9 Å². The first-order chi connectivity index (χ1) is 15.0. The zero-order valence-electron chi connectivity index (χ0n) is 17.3. The Kier molecular flexibility index (Phi) is 5.12. The molecule has 2 heterocycles. The Labute approximate surface area is 175 Å². The highest BCUT2D eigenvalue weighted by Crippen LogP contribution is 2.34. The Balaban J connectivity index is 1.86. The maximum atomic E-state index is 13.0. The van der Waals surface area contributed by atoms with Gasteiger partial charge in [0.25, 0.3) is 0 Å². The second-order valence-corrected chi connectivity index (χ2v) is 6.53. The van der Waals surface area contributed by atoms with E-state index in [9.17, 15) is 9.59 Å². The minimum Gasteiger partial charge on any atom is -0.497 e. The van der Waals surface area contributed by atoms with E-state index in [2.05, 4.69) is 15.1 Å². The molecule has 2 N–H and O–H groups in total. The SMILES string of the molecule is COc1ccc(/C=N/n2c(=O)[nH]c3c([nH]c4cc(OC)c(OC)cc43)c2=O)c(OC)c1. The van der Waals surface area contributed by atoms with Crippen molar-refractivity contribution >= 4 is 28.2 Å². The molecule has 0 aliphatic heterocycles. The lowest BCUT2D eigenvalue weighted by Gasteiger charge is -2.07. The molecule has 0 spiro atoms. The fourth-order valence-electron chi connectivity index (χ4n) is 3.32. The molecule has 31 heavy (non-hydrogen) atoms. The number of rotatable bonds is 6. The van der Waals surface area contributed by atoms with E-state index in [1.54, 1.807) is 37.4 Å². The summed E-state index contributed by atoms with van der Waals surface area (Å²) in [6.45, 7) is 0. The Hall–Kier alpha value is -4.21. The van der Waals surface area contributed by atoms with Crippen molar-refractivity contribution in [3.63, 3.8) is 0 Å². The number of hydrogen-bond acceptors (Lipinski definition) is 7. The quantitative estimate of drug-likeness (QED) is 0.458. The molecule has 0 aliphatic carbocycles. The predicted octanol–water partition coefficient (Wildman–Crippen LogP) is 2.09. The van der Waals surface area contributed by atoms with Crippen LogP contribution in [0.3, 0.4) is 0 Å². The molecule has 0 bridgehead atoms. The fourth-order valence-corrected chi connectivity index (χ4v) is 3.32. The van der Waals surface area contributed by atoms with Crippen LogP contribution in [0.1, 0.15) is 5.56 Å². The van der Waals surface area contributed by atoms with Gasteiger partial charge in [-0.1, -0.05) is 0 Å². The zero-order valence-corrected chi connectivity index (χ0v) is 17.3. The maximum Gasteiger partial charge on any atom is 0.350 e. The van der Waals surface area contributed by atoms with Gasteiger partial charge >= 0.3 is 11.2 Å². The first-order valence-electron chi connectivity index (χ1n) is 9.19. The average molecular weight is 424 g/mol. The molecule has 2 aromatic heterocycles. The number of H-pyrrole nitrogens is 2. The van der Waals surface area contributed by atoms with Gasteiger partial charge in [0.15, 0.2) is 11.5 Å². The summed E-state index contributed by atoms with van der Waals surface area (Å²) in [4.78, 5) is 31.3. The number of nitrogens with zero attached hydrogens (tertiary/aromatic N) is 2. The van der Waals surface area contributed by atoms with E-state index in [1.807, 2.05) is 0 Å². The smallest absolute Gasteiger partial charge is 0.350 e. The number of benzene rings is 2. The van der Waals surface area contributed by atoms with Crippen molar-refractivity contribution in [1.82, 2.24) is 14.6 Å². The average Bonchev–Trinajstić information content (AvgIpc) is 3.15. The van der Waals surface area contributed by atoms with Crippen LogP contribution >= 0.6 is 0 Å². The maximum absolute atomic E-state index is 13.0. The number of fused-ring (bicyclic) bond motifs is 3. The number of ether oxygens (including phenoxy) is 4. The van der Waals surface area contributed by atoms with Crippen molar-refractivity contribution in [2.45, 2.75) is 0 Å². The molecular weight excluding hydrogens is 404 g/mol. The molecule has 0 fully saturated rings. The van der Waals surface area contributed by atoms with Crippen molar-refractivity contribution in [1.29, 1.82) is 0 Å². The molecule has 4 rings (SSSR count). The van der Waals surface area contributed by atoms with Crippen LogP contribution < -0.4 is 30.2 Å². The fraction of sp³-hybridized carbons (Fsp3) is 0.190. The van der Waals surface area contributed by atoms with Gasteiger partial charge in [-0.3, -0.25) is 4.79 Å². The van der Waals surface area contributed by atoms with Crippen LogP contribution in [-0.4, -0.2) is 49.3 Å². The summed E-state index contributed by atoms with van der Waals surface area (Å²) in [5.41, 5.74) is 0.455. The summed E-state index contributed by atoms with van der Waals surface area (Å²) in [7, 11) is 6.08. The largest absolute Gasteiger partial charge is 0.497 e. The number of methoxy groups -OCH3 is 4. The van der Waals surface area contributed by atoms with E-state index < -0.39 is 11.2 Å². The van der Waals surface area contributed by atoms with Crippen molar-refractivity contribution < 1.29 is 18.9 Å². The zero-order chi connectivity index (χ0) is 22.1. The van der Waals surface area contributed by atoms with E-state index >= 15 is 0 Å². The van der Waals surface area contributed by atoms with E-state index in [0.29, 0.717) is 45.0 Å². The van der Waals surface area contributed by atoms with Gasteiger partial charge in [0.05, 0.1) is 45.7 Å². The summed E-state index contributed by atoms with van der Waals surface area (Å²) in [6, 6.07) is 8.49. The van der Waals surface area contributed by atoms with Gasteiger partial charge in [-0.25, -0.2) is 4.79 Å². The van der Waals surface area contributed by atoms with Crippen molar-refractivity contribution in [2.75, 3.05) is 28.4 Å². The standard InChI is InChI=1S/C21H20N4O6/c1-28-12-6-5-11(15(7-12)29-2)10-22-25-20(26)19-18(24-21(25)27)13-8-16(30-3)17(31-4)9-14(13)23-19/h5-10,23H,1-4H3,(H,24,27)/b22-10+. The second kappa shape index (κ2) is 7.90. The predicted molar refractivity (Wildman–Crippen MR) is 116 cm³/mol. The Morgan fingerprint density at radius 3 is 2.23 bits per heavy atom. The van der Waals surface area contributed by atoms with Gasteiger partial charge in [0.2, 0.25) is 0 Å². The summed E-state index contributed by atoms with van der Waals surface area (Å²) in [5.74, 6) is 2.06. The van der Waals surface area contributed by atoms with Crippen LogP contribution in [0.2, 0.25) is 0 Å². The van der Waals surface area contributed by atoms with Gasteiger partial charge in [0.1, 0.15) is 17.0 Å². The van der Waals surface area contributed by atoms with E-state index in [1.165, 1.54) is 27.5 Å². The monoisotopic (exact) mass is 424 g/mol. The lowest BCUT2D eigenvalue weighted by atomic mass is 10.2. The third-order valence-corrected chi connectivity index (χ3v) is 4.89. The van der Waals surface area contributed by atoms with Crippen molar-refractivity contribution in [2.24, 2.45) is 5.10 Å². The molecule has 0 radical (unpaired) electrons. The van der Waals surface area contributed by atoms with Crippen LogP contribution in [0.5, 0.6) is 23.0 Å². The molecule has 2 aromatic carbocycles. The third kappa shape index (κ3) is 3.37. The van der Waals surface area contributed by atoms with Gasteiger partial charge in [-0.05, 0) is 18.2 Å². The van der Waals surface area contributed by atoms with Gasteiger partial charge < -0.3 is 28.9 Å². The first kappa shape index (κ1) is 20.1. The minimum absolute atomic E-state index is 0.198. The lowest BCUT2D eigenvalue weighted by Crippen LogP contribution is -2.32. The van der Waals surface area contributed by atoms with E-state index in [0.717, 1.165) is 4.68 Å². The Bertz CT molecular complexity index is 1430. The lowest BCUT2D eigenvalue weighted by molar-refractivity contribution is 0.356. The number of aromatic nitrogens is 3. The van der Waals surface area contributed by atoms with Gasteiger partial charge in [-0.2, -0.15) is 5.10 Å². The molecule has 4 aromatic rings. The normalized spacial score (nSPS) is 11.4. The molecule has 0 aliphatic rings. The number of nitrogens with one attached hydrogen (secondary N) is 2. The Morgan fingerprint density at radius 2 is 1.55 bits per heavy atom. The highest BCUT2D eigenvalue weighted by molar-refractivity contribution is 6.05. The van der Waals surface area contributed by atoms with Crippen LogP contribution in [0.4, 0.5) is 0 Å². The molecule has 0 saturated heterocycles. The van der Waals surface area contributed by atoms with E-state index in [4.69, 9.17) is 18.9 Å². The van der Waals surface area contributed by atoms with Gasteiger partial charge in [-0.15, -0.1) is 4.68 Å². The molecule has 0 saturated carbocycles. The van der Waals surface area contributed by atoms with Crippen molar-refractivity contribution in [3.05, 3.63) is 56.7 Å². The molecule has 10 heteroatoms. The molecule has 0 atom stereocenters. The summed E-state index contributed by atoms with van der Waals surface area (Å²) >= 11 is 0. The number of hydrogen-bond donors (Lipinski definition) is 2. The third-order valence-electron chi connectivity index (χ3n) is 4.89. The summed E-state index contributed by atoms with van der Waals surface area (Å²) in [6.07, 6.45) is 1.37. The van der Waals surface area contributed by atoms with Crippen LogP contribution in [-0.2, 0) is 0 Å². The topological polar surface area (TPSA) is 120 Å². The molecule has 0 unspecified atom stereocenters. The highest BCUT2D eigenvalue weighted by atomic mass is 16.5. The van der Waals surface area contributed by atoms with Crippen LogP contribution in [0, 0.1) is 0 Å². The number of aromatic amines is 2. The second-order valence-electron chi connectivity index (χ2n) is 6.53. The molecular formula is C21H20N4O6. The van der Waals surface area contributed by atoms with E-state index in [-0.39, 0.29) is 5.52 Å². The molecule has 160 valence electrons. The van der Waals surface area contributed by atoms with Gasteiger partial charge in [0, 0.05) is 23.1 Å². The molecule has 10 nitrogen and oxygen atoms in total. The Morgan fingerprint density at radius 1 is 0.839 bits per heavy atom. The van der Waals surface area contributed by atoms with Crippen molar-refractivity contribution in [3.8, 4) is 23.0 Å². The van der Waals surface area contributed by atoms with Crippen LogP contribution in [0.15, 0.2) is 45.0 Å². The minimum atomic E-state index is -0.683.